The normalized spacial score (nSPS) is 15.6. The van der Waals surface area contributed by atoms with Crippen molar-refractivity contribution in [3.8, 4) is 0 Å². The Labute approximate surface area is 152 Å². The highest BCUT2D eigenvalue weighted by atomic mass is 35.5. The van der Waals surface area contributed by atoms with Crippen LogP contribution < -0.4 is 5.32 Å². The van der Waals surface area contributed by atoms with Gasteiger partial charge in [0.05, 0.1) is 15.4 Å². The lowest BCUT2D eigenvalue weighted by Gasteiger charge is -2.03. The van der Waals surface area contributed by atoms with E-state index in [0.29, 0.717) is 20.9 Å². The second-order valence-electron chi connectivity index (χ2n) is 5.27. The lowest BCUT2D eigenvalue weighted by Crippen LogP contribution is -2.06. The minimum atomic E-state index is -0.271. The number of hydrogen-bond acceptors (Lipinski definition) is 5. The highest BCUT2D eigenvalue weighted by Crippen LogP contribution is 2.29. The van der Waals surface area contributed by atoms with Crippen LogP contribution in [0, 0.1) is 0 Å². The van der Waals surface area contributed by atoms with E-state index >= 15 is 0 Å². The van der Waals surface area contributed by atoms with Gasteiger partial charge in [-0.3, -0.25) is 9.78 Å². The Morgan fingerprint density at radius 3 is 2.88 bits per heavy atom. The second-order valence-corrected chi connectivity index (χ2v) is 6.74. The number of nitrogens with zero attached hydrogens (tertiary/aromatic N) is 3. The molecule has 0 saturated carbocycles. The Bertz CT molecular complexity index is 1030. The van der Waals surface area contributed by atoms with Crippen molar-refractivity contribution in [3.05, 3.63) is 70.3 Å². The molecule has 1 amide bonds. The number of amides is 1. The first-order valence-corrected chi connectivity index (χ1v) is 8.63. The van der Waals surface area contributed by atoms with Crippen molar-refractivity contribution in [2.75, 3.05) is 5.32 Å². The Morgan fingerprint density at radius 2 is 2.04 bits per heavy atom. The first-order valence-electron chi connectivity index (χ1n) is 7.43. The summed E-state index contributed by atoms with van der Waals surface area (Å²) in [6.45, 7) is 0. The molecule has 7 heteroatoms. The minimum absolute atomic E-state index is 0.271. The van der Waals surface area contributed by atoms with E-state index in [0.717, 1.165) is 16.5 Å². The topological polar surface area (TPSA) is 67.2 Å². The van der Waals surface area contributed by atoms with Crippen molar-refractivity contribution in [3.63, 3.8) is 0 Å². The first-order chi connectivity index (χ1) is 12.2. The van der Waals surface area contributed by atoms with Gasteiger partial charge in [-0.1, -0.05) is 23.7 Å². The molecule has 0 saturated heterocycles. The van der Waals surface area contributed by atoms with Gasteiger partial charge in [0.1, 0.15) is 5.82 Å². The molecule has 1 N–H and O–H groups in total. The van der Waals surface area contributed by atoms with Crippen LogP contribution in [-0.4, -0.2) is 21.0 Å². The molecule has 122 valence electrons. The van der Waals surface area contributed by atoms with Crippen LogP contribution >= 0.6 is 23.4 Å². The van der Waals surface area contributed by atoms with Crippen molar-refractivity contribution in [1.29, 1.82) is 0 Å². The molecular weight excluding hydrogens is 356 g/mol. The van der Waals surface area contributed by atoms with E-state index in [1.54, 1.807) is 18.3 Å². The maximum absolute atomic E-state index is 12.1. The Hall–Kier alpha value is -2.70. The number of thioether (sulfide) groups is 1. The Balaban J connectivity index is 1.54. The molecular formula is C18H11ClN4OS. The van der Waals surface area contributed by atoms with E-state index in [1.165, 1.54) is 18.0 Å². The van der Waals surface area contributed by atoms with Gasteiger partial charge in [-0.2, -0.15) is 4.99 Å². The summed E-state index contributed by atoms with van der Waals surface area (Å²) in [7, 11) is 0. The van der Waals surface area contributed by atoms with Crippen molar-refractivity contribution in [1.82, 2.24) is 9.97 Å². The summed E-state index contributed by atoms with van der Waals surface area (Å²) in [4.78, 5) is 25.1. The van der Waals surface area contributed by atoms with Crippen LogP contribution in [0.1, 0.15) is 5.56 Å². The summed E-state index contributed by atoms with van der Waals surface area (Å²) in [6.07, 6.45) is 5.12. The molecule has 1 aliphatic rings. The zero-order valence-corrected chi connectivity index (χ0v) is 14.4. The van der Waals surface area contributed by atoms with E-state index in [-0.39, 0.29) is 5.91 Å². The molecule has 0 fully saturated rings. The third-order valence-electron chi connectivity index (χ3n) is 3.51. The second kappa shape index (κ2) is 6.66. The van der Waals surface area contributed by atoms with Crippen molar-refractivity contribution in [2.45, 2.75) is 0 Å². The summed E-state index contributed by atoms with van der Waals surface area (Å²) in [5, 5.41) is 5.08. The molecule has 4 rings (SSSR count). The number of fused-ring (bicyclic) bond motifs is 1. The molecule has 0 spiro atoms. The molecule has 3 aromatic rings. The Kier molecular flexibility index (Phi) is 4.21. The van der Waals surface area contributed by atoms with E-state index < -0.39 is 0 Å². The monoisotopic (exact) mass is 366 g/mol. The molecule has 1 aliphatic heterocycles. The van der Waals surface area contributed by atoms with Gasteiger partial charge in [0, 0.05) is 17.8 Å². The van der Waals surface area contributed by atoms with Gasteiger partial charge in [-0.05, 0) is 53.7 Å². The number of anilines is 1. The average molecular weight is 367 g/mol. The van der Waals surface area contributed by atoms with Crippen LogP contribution in [0.3, 0.4) is 0 Å². The number of halogens is 1. The number of carbonyl (C=O) groups excluding carboxylic acids is 1. The molecule has 0 aliphatic carbocycles. The number of pyridine rings is 2. The third-order valence-corrected chi connectivity index (χ3v) is 4.63. The first kappa shape index (κ1) is 15.8. The van der Waals surface area contributed by atoms with Gasteiger partial charge in [0.25, 0.3) is 5.91 Å². The highest BCUT2D eigenvalue weighted by molar-refractivity contribution is 8.18. The van der Waals surface area contributed by atoms with E-state index in [4.69, 9.17) is 11.6 Å². The summed E-state index contributed by atoms with van der Waals surface area (Å²) < 4.78 is 0. The molecule has 3 heterocycles. The summed E-state index contributed by atoms with van der Waals surface area (Å²) >= 11 is 7.09. The van der Waals surface area contributed by atoms with Crippen molar-refractivity contribution < 1.29 is 4.79 Å². The van der Waals surface area contributed by atoms with E-state index in [1.807, 2.05) is 36.4 Å². The molecule has 1 aromatic carbocycles. The van der Waals surface area contributed by atoms with Crippen LogP contribution in [0.25, 0.3) is 17.0 Å². The number of nitrogens with one attached hydrogen (secondary N) is 1. The average Bonchev–Trinajstić information content (AvgIpc) is 2.96. The molecule has 25 heavy (non-hydrogen) atoms. The van der Waals surface area contributed by atoms with Gasteiger partial charge in [0.2, 0.25) is 0 Å². The van der Waals surface area contributed by atoms with Crippen LogP contribution in [0.15, 0.2) is 64.8 Å². The molecule has 0 unspecified atom stereocenters. The molecule has 0 radical (unpaired) electrons. The van der Waals surface area contributed by atoms with Gasteiger partial charge in [-0.25, -0.2) is 4.98 Å². The highest BCUT2D eigenvalue weighted by Gasteiger charge is 2.22. The van der Waals surface area contributed by atoms with Crippen LogP contribution in [0.2, 0.25) is 5.02 Å². The fraction of sp³-hybridized carbons (Fsp3) is 0. The fourth-order valence-corrected chi connectivity index (χ4v) is 3.29. The number of carbonyl (C=O) groups is 1. The maximum atomic E-state index is 12.1. The number of rotatable bonds is 2. The Morgan fingerprint density at radius 1 is 1.12 bits per heavy atom. The number of amidine groups is 1. The van der Waals surface area contributed by atoms with E-state index in [9.17, 15) is 4.79 Å². The van der Waals surface area contributed by atoms with Gasteiger partial charge in [0.15, 0.2) is 5.17 Å². The number of hydrogen-bond donors (Lipinski definition) is 1. The quantitative estimate of drug-likeness (QED) is 0.682. The lowest BCUT2D eigenvalue weighted by atomic mass is 10.1. The number of benzene rings is 1. The molecule has 0 atom stereocenters. The molecule has 0 bridgehead atoms. The van der Waals surface area contributed by atoms with E-state index in [2.05, 4.69) is 20.3 Å². The summed E-state index contributed by atoms with van der Waals surface area (Å²) in [5.74, 6) is 0.314. The van der Waals surface area contributed by atoms with Crippen molar-refractivity contribution >= 4 is 57.2 Å². The SMILES string of the molecule is O=C1N=C(Nc2ccc(Cl)cn2)S/C1=C\c1ccc2ncccc2c1. The molecule has 5 nitrogen and oxygen atoms in total. The largest absolute Gasteiger partial charge is 0.319 e. The van der Waals surface area contributed by atoms with Gasteiger partial charge < -0.3 is 5.32 Å². The predicted octanol–water partition coefficient (Wildman–Crippen LogP) is 4.37. The zero-order chi connectivity index (χ0) is 17.2. The third kappa shape index (κ3) is 3.55. The van der Waals surface area contributed by atoms with Crippen LogP contribution in [0.5, 0.6) is 0 Å². The standard InChI is InChI=1S/C18H11ClN4OS/c19-13-4-6-16(21-10-13)22-18-23-17(24)15(25-18)9-11-3-5-14-12(8-11)2-1-7-20-14/h1-10H,(H,21,22,23,24)/b15-9-. The predicted molar refractivity (Wildman–Crippen MR) is 103 cm³/mol. The summed E-state index contributed by atoms with van der Waals surface area (Å²) in [5.41, 5.74) is 1.85. The van der Waals surface area contributed by atoms with Gasteiger partial charge in [-0.15, -0.1) is 0 Å². The lowest BCUT2D eigenvalue weighted by molar-refractivity contribution is -0.113. The van der Waals surface area contributed by atoms with Gasteiger partial charge >= 0.3 is 0 Å². The fourth-order valence-electron chi connectivity index (χ4n) is 2.36. The molecule has 2 aromatic heterocycles. The minimum Gasteiger partial charge on any atom is -0.319 e. The summed E-state index contributed by atoms with van der Waals surface area (Å²) in [6, 6.07) is 13.2. The number of aromatic nitrogens is 2. The van der Waals surface area contributed by atoms with Crippen LogP contribution in [0.4, 0.5) is 5.82 Å². The van der Waals surface area contributed by atoms with Crippen molar-refractivity contribution in [2.24, 2.45) is 4.99 Å². The van der Waals surface area contributed by atoms with Crippen LogP contribution in [-0.2, 0) is 4.79 Å². The smallest absolute Gasteiger partial charge is 0.286 e. The maximum Gasteiger partial charge on any atom is 0.286 e. The number of aliphatic imine (C=N–C) groups is 1. The zero-order valence-electron chi connectivity index (χ0n) is 12.8.